The first-order valence-corrected chi connectivity index (χ1v) is 5.54. The lowest BCUT2D eigenvalue weighted by molar-refractivity contribution is 0.0702. The maximum atomic E-state index is 8.54. The summed E-state index contributed by atoms with van der Waals surface area (Å²) in [5.41, 5.74) is 3.55. The number of benzene rings is 1. The van der Waals surface area contributed by atoms with Gasteiger partial charge < -0.3 is 14.6 Å². The molecule has 0 radical (unpaired) electrons. The van der Waals surface area contributed by atoms with Gasteiger partial charge in [0.25, 0.3) is 0 Å². The molecule has 0 spiro atoms. The SMILES string of the molecule is Cc1cc(C)c(OCCOCCO)c(C)c1. The number of aryl methyl sites for hydroxylation is 3. The monoisotopic (exact) mass is 224 g/mol. The summed E-state index contributed by atoms with van der Waals surface area (Å²) in [6.45, 7) is 7.62. The van der Waals surface area contributed by atoms with Gasteiger partial charge in [-0.25, -0.2) is 0 Å². The number of hydrogen-bond donors (Lipinski definition) is 1. The van der Waals surface area contributed by atoms with Crippen LogP contribution in [0.3, 0.4) is 0 Å². The van der Waals surface area contributed by atoms with E-state index in [2.05, 4.69) is 19.1 Å². The molecule has 1 rings (SSSR count). The van der Waals surface area contributed by atoms with Gasteiger partial charge in [-0.2, -0.15) is 0 Å². The topological polar surface area (TPSA) is 38.7 Å². The third-order valence-electron chi connectivity index (χ3n) is 2.31. The quantitative estimate of drug-likeness (QED) is 0.751. The minimum Gasteiger partial charge on any atom is -0.491 e. The average Bonchev–Trinajstić information content (AvgIpc) is 2.20. The third-order valence-corrected chi connectivity index (χ3v) is 2.31. The van der Waals surface area contributed by atoms with Gasteiger partial charge in [-0.1, -0.05) is 17.7 Å². The fraction of sp³-hybridized carbons (Fsp3) is 0.538. The van der Waals surface area contributed by atoms with Gasteiger partial charge in [0.05, 0.1) is 19.8 Å². The van der Waals surface area contributed by atoms with Crippen molar-refractivity contribution in [1.29, 1.82) is 0 Å². The van der Waals surface area contributed by atoms with E-state index >= 15 is 0 Å². The van der Waals surface area contributed by atoms with E-state index in [4.69, 9.17) is 14.6 Å². The lowest BCUT2D eigenvalue weighted by atomic mass is 10.1. The molecule has 0 fully saturated rings. The fourth-order valence-electron chi connectivity index (χ4n) is 1.76. The average molecular weight is 224 g/mol. The van der Waals surface area contributed by atoms with Crippen LogP contribution in [0.4, 0.5) is 0 Å². The van der Waals surface area contributed by atoms with Crippen molar-refractivity contribution < 1.29 is 14.6 Å². The molecule has 0 aliphatic carbocycles. The van der Waals surface area contributed by atoms with Crippen LogP contribution in [-0.4, -0.2) is 31.5 Å². The molecule has 0 bridgehead atoms. The first-order valence-electron chi connectivity index (χ1n) is 5.54. The second-order valence-corrected chi connectivity index (χ2v) is 3.91. The highest BCUT2D eigenvalue weighted by molar-refractivity contribution is 5.42. The maximum absolute atomic E-state index is 8.54. The van der Waals surface area contributed by atoms with Crippen LogP contribution in [0.2, 0.25) is 0 Å². The molecule has 0 amide bonds. The molecule has 0 atom stereocenters. The Kier molecular flexibility index (Phi) is 5.29. The van der Waals surface area contributed by atoms with Crippen LogP contribution < -0.4 is 4.74 Å². The van der Waals surface area contributed by atoms with Crippen molar-refractivity contribution in [3.8, 4) is 5.75 Å². The Bertz CT molecular complexity index is 311. The smallest absolute Gasteiger partial charge is 0.125 e. The second-order valence-electron chi connectivity index (χ2n) is 3.91. The fourth-order valence-corrected chi connectivity index (χ4v) is 1.76. The molecule has 0 heterocycles. The minimum absolute atomic E-state index is 0.0581. The molecule has 0 aliphatic rings. The van der Waals surface area contributed by atoms with Gasteiger partial charge in [-0.3, -0.25) is 0 Å². The standard InChI is InChI=1S/C13H20O3/c1-10-8-11(2)13(12(3)9-10)16-7-6-15-5-4-14/h8-9,14H,4-7H2,1-3H3. The van der Waals surface area contributed by atoms with Crippen molar-refractivity contribution in [2.24, 2.45) is 0 Å². The molecule has 0 saturated carbocycles. The van der Waals surface area contributed by atoms with Crippen LogP contribution in [0, 0.1) is 20.8 Å². The van der Waals surface area contributed by atoms with E-state index < -0.39 is 0 Å². The van der Waals surface area contributed by atoms with Crippen molar-refractivity contribution in [3.05, 3.63) is 28.8 Å². The summed E-state index contributed by atoms with van der Waals surface area (Å²) in [5.74, 6) is 0.943. The van der Waals surface area contributed by atoms with Crippen molar-refractivity contribution in [1.82, 2.24) is 0 Å². The van der Waals surface area contributed by atoms with E-state index in [9.17, 15) is 0 Å². The number of aliphatic hydroxyl groups excluding tert-OH is 1. The molecule has 16 heavy (non-hydrogen) atoms. The van der Waals surface area contributed by atoms with Gasteiger partial charge >= 0.3 is 0 Å². The molecular formula is C13H20O3. The Hall–Kier alpha value is -1.06. The number of rotatable bonds is 6. The second kappa shape index (κ2) is 6.51. The van der Waals surface area contributed by atoms with E-state index in [0.717, 1.165) is 16.9 Å². The van der Waals surface area contributed by atoms with Crippen LogP contribution >= 0.6 is 0 Å². The van der Waals surface area contributed by atoms with Gasteiger partial charge in [0, 0.05) is 0 Å². The summed E-state index contributed by atoms with van der Waals surface area (Å²) in [6.07, 6.45) is 0. The van der Waals surface area contributed by atoms with E-state index in [1.165, 1.54) is 5.56 Å². The largest absolute Gasteiger partial charge is 0.491 e. The van der Waals surface area contributed by atoms with Crippen LogP contribution in [0.25, 0.3) is 0 Å². The van der Waals surface area contributed by atoms with Gasteiger partial charge in [-0.15, -0.1) is 0 Å². The summed E-state index contributed by atoms with van der Waals surface area (Å²) in [5, 5.41) is 8.54. The van der Waals surface area contributed by atoms with Crippen molar-refractivity contribution >= 4 is 0 Å². The highest BCUT2D eigenvalue weighted by Crippen LogP contribution is 2.24. The molecule has 1 aromatic carbocycles. The Balaban J connectivity index is 2.47. The van der Waals surface area contributed by atoms with Crippen molar-refractivity contribution in [2.75, 3.05) is 26.4 Å². The summed E-state index contributed by atoms with van der Waals surface area (Å²) in [4.78, 5) is 0. The molecule has 0 unspecified atom stereocenters. The van der Waals surface area contributed by atoms with Crippen LogP contribution in [0.1, 0.15) is 16.7 Å². The molecule has 0 saturated heterocycles. The molecule has 0 aromatic heterocycles. The summed E-state index contributed by atoms with van der Waals surface area (Å²) >= 11 is 0. The molecular weight excluding hydrogens is 204 g/mol. The highest BCUT2D eigenvalue weighted by Gasteiger charge is 2.04. The van der Waals surface area contributed by atoms with Crippen LogP contribution in [0.15, 0.2) is 12.1 Å². The predicted octanol–water partition coefficient (Wildman–Crippen LogP) is 2.00. The molecule has 3 nitrogen and oxygen atoms in total. The molecule has 1 aromatic rings. The van der Waals surface area contributed by atoms with Crippen molar-refractivity contribution in [3.63, 3.8) is 0 Å². The van der Waals surface area contributed by atoms with Gasteiger partial charge in [0.1, 0.15) is 12.4 Å². The van der Waals surface area contributed by atoms with Crippen LogP contribution in [0.5, 0.6) is 5.75 Å². The van der Waals surface area contributed by atoms with Gasteiger partial charge in [0.2, 0.25) is 0 Å². The Morgan fingerprint density at radius 1 is 1.00 bits per heavy atom. The van der Waals surface area contributed by atoms with E-state index in [1.54, 1.807) is 0 Å². The zero-order valence-electron chi connectivity index (χ0n) is 10.2. The highest BCUT2D eigenvalue weighted by atomic mass is 16.5. The van der Waals surface area contributed by atoms with E-state index in [1.807, 2.05) is 13.8 Å². The summed E-state index contributed by atoms with van der Waals surface area (Å²) in [7, 11) is 0. The molecule has 0 aliphatic heterocycles. The molecule has 3 heteroatoms. The first-order chi connectivity index (χ1) is 7.65. The first kappa shape index (κ1) is 13.0. The lowest BCUT2D eigenvalue weighted by Gasteiger charge is -2.13. The molecule has 1 N–H and O–H groups in total. The number of ether oxygens (including phenoxy) is 2. The maximum Gasteiger partial charge on any atom is 0.125 e. The van der Waals surface area contributed by atoms with Crippen molar-refractivity contribution in [2.45, 2.75) is 20.8 Å². The van der Waals surface area contributed by atoms with E-state index in [0.29, 0.717) is 19.8 Å². The minimum atomic E-state index is 0.0581. The predicted molar refractivity (Wildman–Crippen MR) is 64.1 cm³/mol. The number of hydrogen-bond acceptors (Lipinski definition) is 3. The zero-order valence-corrected chi connectivity index (χ0v) is 10.2. The van der Waals surface area contributed by atoms with E-state index in [-0.39, 0.29) is 6.61 Å². The normalized spacial score (nSPS) is 10.5. The Morgan fingerprint density at radius 2 is 1.62 bits per heavy atom. The Labute approximate surface area is 97.0 Å². The summed E-state index contributed by atoms with van der Waals surface area (Å²) < 4.78 is 10.8. The molecule has 90 valence electrons. The van der Waals surface area contributed by atoms with Gasteiger partial charge in [0.15, 0.2) is 0 Å². The van der Waals surface area contributed by atoms with Gasteiger partial charge in [-0.05, 0) is 31.9 Å². The zero-order chi connectivity index (χ0) is 12.0. The third kappa shape index (κ3) is 3.83. The lowest BCUT2D eigenvalue weighted by Crippen LogP contribution is -2.10. The van der Waals surface area contributed by atoms with Crippen LogP contribution in [-0.2, 0) is 4.74 Å². The summed E-state index contributed by atoms with van der Waals surface area (Å²) in [6, 6.07) is 4.22. The Morgan fingerprint density at radius 3 is 2.19 bits per heavy atom. The number of aliphatic hydroxyl groups is 1.